The Morgan fingerprint density at radius 2 is 1.93 bits per heavy atom. The van der Waals surface area contributed by atoms with E-state index in [1.165, 1.54) is 11.8 Å². The highest BCUT2D eigenvalue weighted by Gasteiger charge is 2.14. The summed E-state index contributed by atoms with van der Waals surface area (Å²) in [6.07, 6.45) is 3.16. The molecule has 3 aromatic rings. The fourth-order valence-electron chi connectivity index (χ4n) is 2.67. The van der Waals surface area contributed by atoms with Crippen molar-refractivity contribution in [2.75, 3.05) is 12.9 Å². The van der Waals surface area contributed by atoms with Crippen LogP contribution in [-0.4, -0.2) is 28.7 Å². The zero-order chi connectivity index (χ0) is 20.6. The van der Waals surface area contributed by atoms with Crippen molar-refractivity contribution in [1.29, 1.82) is 0 Å². The van der Waals surface area contributed by atoms with Crippen LogP contribution in [0.5, 0.6) is 17.4 Å². The number of aryl methyl sites for hydroxylation is 1. The van der Waals surface area contributed by atoms with E-state index in [9.17, 15) is 4.79 Å². The van der Waals surface area contributed by atoms with Gasteiger partial charge in [-0.05, 0) is 43.2 Å². The first-order chi connectivity index (χ1) is 14.1. The van der Waals surface area contributed by atoms with Crippen LogP contribution in [0.2, 0.25) is 0 Å². The lowest BCUT2D eigenvalue weighted by Crippen LogP contribution is -2.28. The van der Waals surface area contributed by atoms with Gasteiger partial charge in [0.05, 0.1) is 18.9 Å². The van der Waals surface area contributed by atoms with Crippen LogP contribution in [0.25, 0.3) is 0 Å². The molecule has 1 amide bonds. The van der Waals surface area contributed by atoms with E-state index in [0.29, 0.717) is 16.7 Å². The molecule has 1 atom stereocenters. The first-order valence-electron chi connectivity index (χ1n) is 9.17. The van der Waals surface area contributed by atoms with E-state index in [0.717, 1.165) is 16.9 Å². The Kier molecular flexibility index (Phi) is 7.08. The standard InChI is InChI=1S/C22H23N3O3S/c1-15-7-4-5-10-19(15)28-21-22(24-12-11-23-21)29-14-20(26)25-16(2)17-8-6-9-18(13-17)27-3/h4-13,16H,14H2,1-3H3,(H,25,26)/t16-/m1/s1. The van der Waals surface area contributed by atoms with Crippen LogP contribution >= 0.6 is 11.8 Å². The first kappa shape index (κ1) is 20.7. The summed E-state index contributed by atoms with van der Waals surface area (Å²) in [6.45, 7) is 3.90. The minimum atomic E-state index is -0.136. The maximum atomic E-state index is 12.4. The number of nitrogens with zero attached hydrogens (tertiary/aromatic N) is 2. The second kappa shape index (κ2) is 9.93. The Morgan fingerprint density at radius 3 is 2.72 bits per heavy atom. The van der Waals surface area contributed by atoms with Crippen molar-refractivity contribution in [1.82, 2.24) is 15.3 Å². The predicted octanol–water partition coefficient (Wildman–Crippen LogP) is 4.56. The van der Waals surface area contributed by atoms with Crippen LogP contribution in [0.4, 0.5) is 0 Å². The Labute approximate surface area is 174 Å². The number of hydrogen-bond donors (Lipinski definition) is 1. The van der Waals surface area contributed by atoms with Gasteiger partial charge in [0, 0.05) is 12.4 Å². The molecule has 1 heterocycles. The number of aromatic nitrogens is 2. The van der Waals surface area contributed by atoms with Crippen LogP contribution in [0, 0.1) is 6.92 Å². The van der Waals surface area contributed by atoms with Gasteiger partial charge in [-0.2, -0.15) is 0 Å². The monoisotopic (exact) mass is 409 g/mol. The third kappa shape index (κ3) is 5.71. The number of carbonyl (C=O) groups is 1. The molecule has 3 rings (SSSR count). The Balaban J connectivity index is 1.61. The van der Waals surface area contributed by atoms with Gasteiger partial charge in [-0.15, -0.1) is 0 Å². The van der Waals surface area contributed by atoms with Crippen LogP contribution in [0.15, 0.2) is 66.0 Å². The van der Waals surface area contributed by atoms with E-state index in [4.69, 9.17) is 9.47 Å². The van der Waals surface area contributed by atoms with Gasteiger partial charge in [0.1, 0.15) is 11.5 Å². The summed E-state index contributed by atoms with van der Waals surface area (Å²) in [5, 5.41) is 3.56. The molecule has 29 heavy (non-hydrogen) atoms. The maximum Gasteiger partial charge on any atom is 0.252 e. The molecule has 7 heteroatoms. The van der Waals surface area contributed by atoms with Crippen molar-refractivity contribution in [3.05, 3.63) is 72.1 Å². The molecule has 0 spiro atoms. The number of nitrogens with one attached hydrogen (secondary N) is 1. The molecule has 1 aromatic heterocycles. The average Bonchev–Trinajstić information content (AvgIpc) is 2.74. The fraction of sp³-hybridized carbons (Fsp3) is 0.227. The molecular formula is C22H23N3O3S. The number of methoxy groups -OCH3 is 1. The van der Waals surface area contributed by atoms with E-state index >= 15 is 0 Å². The van der Waals surface area contributed by atoms with E-state index in [1.54, 1.807) is 19.5 Å². The second-order valence-corrected chi connectivity index (χ2v) is 7.35. The van der Waals surface area contributed by atoms with Crippen molar-refractivity contribution in [2.45, 2.75) is 24.9 Å². The Morgan fingerprint density at radius 1 is 1.14 bits per heavy atom. The maximum absolute atomic E-state index is 12.4. The molecule has 6 nitrogen and oxygen atoms in total. The molecule has 0 saturated carbocycles. The highest BCUT2D eigenvalue weighted by molar-refractivity contribution is 8.00. The van der Waals surface area contributed by atoms with Crippen LogP contribution < -0.4 is 14.8 Å². The number of hydrogen-bond acceptors (Lipinski definition) is 6. The van der Waals surface area contributed by atoms with Gasteiger partial charge in [-0.1, -0.05) is 42.1 Å². The largest absolute Gasteiger partial charge is 0.497 e. The quantitative estimate of drug-likeness (QED) is 0.550. The number of para-hydroxylation sites is 1. The number of thioether (sulfide) groups is 1. The highest BCUT2D eigenvalue weighted by Crippen LogP contribution is 2.30. The normalized spacial score (nSPS) is 11.6. The zero-order valence-corrected chi connectivity index (χ0v) is 17.4. The molecule has 0 saturated heterocycles. The van der Waals surface area contributed by atoms with E-state index in [2.05, 4.69) is 15.3 Å². The molecule has 0 aliphatic rings. The van der Waals surface area contributed by atoms with Crippen molar-refractivity contribution in [2.24, 2.45) is 0 Å². The average molecular weight is 410 g/mol. The van der Waals surface area contributed by atoms with E-state index < -0.39 is 0 Å². The van der Waals surface area contributed by atoms with E-state index in [-0.39, 0.29) is 17.7 Å². The number of rotatable bonds is 8. The number of ether oxygens (including phenoxy) is 2. The third-order valence-corrected chi connectivity index (χ3v) is 5.20. The molecule has 0 bridgehead atoms. The molecule has 0 aliphatic heterocycles. The van der Waals surface area contributed by atoms with Gasteiger partial charge in [-0.3, -0.25) is 4.79 Å². The van der Waals surface area contributed by atoms with Gasteiger partial charge >= 0.3 is 0 Å². The highest BCUT2D eigenvalue weighted by atomic mass is 32.2. The summed E-state index contributed by atoms with van der Waals surface area (Å²) in [7, 11) is 1.62. The van der Waals surface area contributed by atoms with Gasteiger partial charge in [0.25, 0.3) is 5.88 Å². The Hall–Kier alpha value is -3.06. The molecule has 0 unspecified atom stereocenters. The molecule has 0 aliphatic carbocycles. The fourth-order valence-corrected chi connectivity index (χ4v) is 3.37. The summed E-state index contributed by atoms with van der Waals surface area (Å²) in [6, 6.07) is 15.2. The zero-order valence-electron chi connectivity index (χ0n) is 16.6. The summed E-state index contributed by atoms with van der Waals surface area (Å²) in [5.74, 6) is 1.97. The van der Waals surface area contributed by atoms with Crippen molar-refractivity contribution >= 4 is 17.7 Å². The molecular weight excluding hydrogens is 386 g/mol. The first-order valence-corrected chi connectivity index (χ1v) is 10.2. The summed E-state index contributed by atoms with van der Waals surface area (Å²) >= 11 is 1.29. The van der Waals surface area contributed by atoms with Crippen molar-refractivity contribution in [3.63, 3.8) is 0 Å². The summed E-state index contributed by atoms with van der Waals surface area (Å²) in [4.78, 5) is 21.0. The lowest BCUT2D eigenvalue weighted by atomic mass is 10.1. The smallest absolute Gasteiger partial charge is 0.252 e. The molecule has 2 aromatic carbocycles. The van der Waals surface area contributed by atoms with Crippen molar-refractivity contribution in [3.8, 4) is 17.4 Å². The molecule has 0 radical (unpaired) electrons. The van der Waals surface area contributed by atoms with Crippen LogP contribution in [0.1, 0.15) is 24.1 Å². The van der Waals surface area contributed by atoms with Gasteiger partial charge < -0.3 is 14.8 Å². The van der Waals surface area contributed by atoms with Crippen molar-refractivity contribution < 1.29 is 14.3 Å². The predicted molar refractivity (Wildman–Crippen MR) is 114 cm³/mol. The summed E-state index contributed by atoms with van der Waals surface area (Å²) in [5.41, 5.74) is 1.98. The second-order valence-electron chi connectivity index (χ2n) is 6.39. The van der Waals surface area contributed by atoms with E-state index in [1.807, 2.05) is 62.4 Å². The number of benzene rings is 2. The Bertz CT molecular complexity index is 981. The number of amides is 1. The van der Waals surface area contributed by atoms with Crippen LogP contribution in [-0.2, 0) is 4.79 Å². The SMILES string of the molecule is COc1cccc([C@@H](C)NC(=O)CSc2nccnc2Oc2ccccc2C)c1. The van der Waals surface area contributed by atoms with Gasteiger partial charge in [-0.25, -0.2) is 9.97 Å². The summed E-state index contributed by atoms with van der Waals surface area (Å²) < 4.78 is 11.1. The molecule has 0 fully saturated rings. The third-order valence-electron chi connectivity index (χ3n) is 4.24. The van der Waals surface area contributed by atoms with Gasteiger partial charge in [0.2, 0.25) is 5.91 Å². The minimum Gasteiger partial charge on any atom is -0.497 e. The molecule has 150 valence electrons. The van der Waals surface area contributed by atoms with Gasteiger partial charge in [0.15, 0.2) is 5.03 Å². The lowest BCUT2D eigenvalue weighted by molar-refractivity contribution is -0.119. The minimum absolute atomic E-state index is 0.0992. The number of carbonyl (C=O) groups excluding carboxylic acids is 1. The topological polar surface area (TPSA) is 73.3 Å². The lowest BCUT2D eigenvalue weighted by Gasteiger charge is -2.15. The molecule has 1 N–H and O–H groups in total. The van der Waals surface area contributed by atoms with Crippen LogP contribution in [0.3, 0.4) is 0 Å².